The van der Waals surface area contributed by atoms with Crippen molar-refractivity contribution >= 4 is 17.9 Å². The molecule has 3 N–H and O–H groups in total. The zero-order chi connectivity index (χ0) is 14.5. The van der Waals surface area contributed by atoms with Crippen molar-refractivity contribution in [3.63, 3.8) is 0 Å². The lowest BCUT2D eigenvalue weighted by atomic mass is 9.93. The Morgan fingerprint density at radius 1 is 1.26 bits per heavy atom. The summed E-state index contributed by atoms with van der Waals surface area (Å²) in [6.45, 7) is -0.0501. The van der Waals surface area contributed by atoms with Gasteiger partial charge in [-0.15, -0.1) is 0 Å². The molecule has 0 radical (unpaired) electrons. The molecule has 3 amide bonds. The third-order valence-electron chi connectivity index (χ3n) is 3.43. The number of nitrogens with zero attached hydrogens (tertiary/aromatic N) is 1. The zero-order valence-electron chi connectivity index (χ0n) is 11.4. The van der Waals surface area contributed by atoms with Crippen molar-refractivity contribution in [1.82, 2.24) is 15.5 Å². The summed E-state index contributed by atoms with van der Waals surface area (Å²) in [5.41, 5.74) is -0.667. The van der Waals surface area contributed by atoms with Gasteiger partial charge >= 0.3 is 12.0 Å². The Kier molecular flexibility index (Phi) is 5.14. The maximum Gasteiger partial charge on any atom is 0.318 e. The van der Waals surface area contributed by atoms with Gasteiger partial charge in [-0.2, -0.15) is 0 Å². The molecule has 1 aliphatic rings. The molecule has 1 aliphatic carbocycles. The second kappa shape index (κ2) is 6.40. The molecule has 19 heavy (non-hydrogen) atoms. The number of carboxylic acid groups (broad SMARTS) is 1. The third-order valence-corrected chi connectivity index (χ3v) is 3.43. The predicted octanol–water partition coefficient (Wildman–Crippen LogP) is 0.161. The summed E-state index contributed by atoms with van der Waals surface area (Å²) in [6.07, 6.45) is 3.07. The first-order valence-electron chi connectivity index (χ1n) is 6.34. The molecular formula is C12H21N3O4. The van der Waals surface area contributed by atoms with E-state index in [9.17, 15) is 14.4 Å². The van der Waals surface area contributed by atoms with E-state index in [1.807, 2.05) is 0 Å². The second-order valence-electron chi connectivity index (χ2n) is 5.02. The minimum atomic E-state index is -0.920. The first-order valence-corrected chi connectivity index (χ1v) is 6.34. The molecule has 0 bridgehead atoms. The van der Waals surface area contributed by atoms with Gasteiger partial charge in [0.2, 0.25) is 5.91 Å². The molecule has 1 saturated carbocycles. The monoisotopic (exact) mass is 271 g/mol. The Hall–Kier alpha value is -1.79. The Balaban J connectivity index is 2.61. The largest absolute Gasteiger partial charge is 0.481 e. The highest BCUT2D eigenvalue weighted by Crippen LogP contribution is 2.32. The summed E-state index contributed by atoms with van der Waals surface area (Å²) in [7, 11) is 3.00. The summed E-state index contributed by atoms with van der Waals surface area (Å²) in [4.78, 5) is 35.3. The molecule has 0 aromatic carbocycles. The first-order chi connectivity index (χ1) is 8.88. The standard InChI is InChI=1S/C12H21N3O4/c1-13-9(16)8-15(2)11(19)14-12(7-10(17)18)5-3-4-6-12/h3-8H2,1-2H3,(H,13,16)(H,14,19)(H,17,18). The number of hydrogen-bond acceptors (Lipinski definition) is 3. The third kappa shape index (κ3) is 4.42. The van der Waals surface area contributed by atoms with Gasteiger partial charge in [-0.25, -0.2) is 4.79 Å². The van der Waals surface area contributed by atoms with Crippen molar-refractivity contribution in [2.24, 2.45) is 0 Å². The maximum atomic E-state index is 12.0. The summed E-state index contributed by atoms with van der Waals surface area (Å²) < 4.78 is 0. The van der Waals surface area contributed by atoms with Crippen LogP contribution in [0.5, 0.6) is 0 Å². The average molecular weight is 271 g/mol. The van der Waals surface area contributed by atoms with E-state index in [-0.39, 0.29) is 18.9 Å². The fourth-order valence-corrected chi connectivity index (χ4v) is 2.38. The van der Waals surface area contributed by atoms with Crippen LogP contribution >= 0.6 is 0 Å². The molecule has 1 rings (SSSR count). The van der Waals surface area contributed by atoms with E-state index >= 15 is 0 Å². The molecule has 7 nitrogen and oxygen atoms in total. The SMILES string of the molecule is CNC(=O)CN(C)C(=O)NC1(CC(=O)O)CCCC1. The van der Waals surface area contributed by atoms with Gasteiger partial charge in [0.25, 0.3) is 0 Å². The fourth-order valence-electron chi connectivity index (χ4n) is 2.38. The Bertz CT molecular complexity index is 364. The summed E-state index contributed by atoms with van der Waals surface area (Å²) in [5, 5.41) is 14.2. The Morgan fingerprint density at radius 3 is 2.32 bits per heavy atom. The van der Waals surface area contributed by atoms with Crippen LogP contribution in [0, 0.1) is 0 Å². The number of carbonyl (C=O) groups excluding carboxylic acids is 2. The van der Waals surface area contributed by atoms with Gasteiger partial charge in [-0.1, -0.05) is 12.8 Å². The Labute approximate surface area is 112 Å². The highest BCUT2D eigenvalue weighted by Gasteiger charge is 2.38. The molecule has 0 unspecified atom stereocenters. The molecule has 108 valence electrons. The lowest BCUT2D eigenvalue weighted by Crippen LogP contribution is -2.53. The number of urea groups is 1. The smallest absolute Gasteiger partial charge is 0.318 e. The van der Waals surface area contributed by atoms with Gasteiger partial charge in [0.1, 0.15) is 6.54 Å². The van der Waals surface area contributed by atoms with Gasteiger partial charge < -0.3 is 20.6 Å². The molecule has 1 fully saturated rings. The van der Waals surface area contributed by atoms with Crippen LogP contribution in [0.1, 0.15) is 32.1 Å². The van der Waals surface area contributed by atoms with Crippen LogP contribution in [-0.2, 0) is 9.59 Å². The molecule has 7 heteroatoms. The van der Waals surface area contributed by atoms with E-state index in [0.717, 1.165) is 12.8 Å². The van der Waals surface area contributed by atoms with E-state index in [2.05, 4.69) is 10.6 Å². The maximum absolute atomic E-state index is 12.0. The van der Waals surface area contributed by atoms with Crippen molar-refractivity contribution in [1.29, 1.82) is 0 Å². The van der Waals surface area contributed by atoms with Crippen LogP contribution in [0.25, 0.3) is 0 Å². The number of aliphatic carboxylic acids is 1. The average Bonchev–Trinajstić information content (AvgIpc) is 2.75. The summed E-state index contributed by atoms with van der Waals surface area (Å²) >= 11 is 0. The van der Waals surface area contributed by atoms with Crippen LogP contribution < -0.4 is 10.6 Å². The number of likely N-dealkylation sites (N-methyl/N-ethyl adjacent to an activating group) is 2. The zero-order valence-corrected chi connectivity index (χ0v) is 11.4. The van der Waals surface area contributed by atoms with E-state index in [0.29, 0.717) is 12.8 Å². The molecular weight excluding hydrogens is 250 g/mol. The Morgan fingerprint density at radius 2 is 1.84 bits per heavy atom. The normalized spacial score (nSPS) is 16.7. The number of carbonyl (C=O) groups is 3. The van der Waals surface area contributed by atoms with Gasteiger partial charge in [0.05, 0.1) is 12.0 Å². The molecule has 0 aliphatic heterocycles. The van der Waals surface area contributed by atoms with Crippen LogP contribution in [0.15, 0.2) is 0 Å². The van der Waals surface area contributed by atoms with Crippen molar-refractivity contribution in [2.75, 3.05) is 20.6 Å². The quantitative estimate of drug-likeness (QED) is 0.663. The van der Waals surface area contributed by atoms with E-state index in [4.69, 9.17) is 5.11 Å². The van der Waals surface area contributed by atoms with Crippen molar-refractivity contribution in [3.8, 4) is 0 Å². The van der Waals surface area contributed by atoms with Crippen molar-refractivity contribution in [2.45, 2.75) is 37.6 Å². The first kappa shape index (κ1) is 15.3. The summed E-state index contributed by atoms with van der Waals surface area (Å²) in [6, 6.07) is -0.410. The van der Waals surface area contributed by atoms with E-state index in [1.54, 1.807) is 0 Å². The van der Waals surface area contributed by atoms with Gasteiger partial charge in [0.15, 0.2) is 0 Å². The predicted molar refractivity (Wildman–Crippen MR) is 68.7 cm³/mol. The number of amides is 3. The van der Waals surface area contributed by atoms with Crippen molar-refractivity contribution in [3.05, 3.63) is 0 Å². The second-order valence-corrected chi connectivity index (χ2v) is 5.02. The molecule has 0 aromatic rings. The van der Waals surface area contributed by atoms with E-state index in [1.165, 1.54) is 19.0 Å². The molecule has 0 aromatic heterocycles. The molecule has 0 atom stereocenters. The van der Waals surface area contributed by atoms with Gasteiger partial charge in [0, 0.05) is 14.1 Å². The van der Waals surface area contributed by atoms with Crippen LogP contribution in [0.2, 0.25) is 0 Å². The number of carboxylic acids is 1. The highest BCUT2D eigenvalue weighted by molar-refractivity contribution is 5.84. The number of nitrogens with one attached hydrogen (secondary N) is 2. The number of hydrogen-bond donors (Lipinski definition) is 3. The number of rotatable bonds is 5. The molecule has 0 spiro atoms. The van der Waals surface area contributed by atoms with Crippen molar-refractivity contribution < 1.29 is 19.5 Å². The van der Waals surface area contributed by atoms with Gasteiger partial charge in [-0.05, 0) is 12.8 Å². The van der Waals surface area contributed by atoms with E-state index < -0.39 is 17.5 Å². The minimum absolute atomic E-state index is 0.0501. The van der Waals surface area contributed by atoms with Crippen LogP contribution in [0.3, 0.4) is 0 Å². The lowest BCUT2D eigenvalue weighted by Gasteiger charge is -2.31. The minimum Gasteiger partial charge on any atom is -0.481 e. The van der Waals surface area contributed by atoms with Crippen LogP contribution in [0.4, 0.5) is 4.79 Å². The molecule has 0 saturated heterocycles. The van der Waals surface area contributed by atoms with Gasteiger partial charge in [-0.3, -0.25) is 9.59 Å². The lowest BCUT2D eigenvalue weighted by molar-refractivity contribution is -0.138. The summed E-state index contributed by atoms with van der Waals surface area (Å²) in [5.74, 6) is -1.19. The fraction of sp³-hybridized carbons (Fsp3) is 0.750. The topological polar surface area (TPSA) is 98.7 Å². The highest BCUT2D eigenvalue weighted by atomic mass is 16.4. The van der Waals surface area contributed by atoms with Crippen LogP contribution in [-0.4, -0.2) is 54.1 Å². The molecule has 0 heterocycles.